The van der Waals surface area contributed by atoms with Gasteiger partial charge in [0.15, 0.2) is 5.78 Å². The summed E-state index contributed by atoms with van der Waals surface area (Å²) in [6.45, 7) is -1.13. The Bertz CT molecular complexity index is 422. The predicted molar refractivity (Wildman–Crippen MR) is 80.5 cm³/mol. The molecule has 1 unspecified atom stereocenters. The number of unbranched alkanes of at least 4 members (excludes halogenated alkanes) is 1. The van der Waals surface area contributed by atoms with Crippen LogP contribution >= 0.6 is 23.5 Å². The molecule has 0 saturated carbocycles. The van der Waals surface area contributed by atoms with Gasteiger partial charge in [-0.25, -0.2) is 4.79 Å². The first kappa shape index (κ1) is 14.7. The summed E-state index contributed by atoms with van der Waals surface area (Å²) in [5.74, 6) is -1.47. The molecule has 0 aromatic carbocycles. The smallest absolute Gasteiger partial charge is 0.343 e. The minimum atomic E-state index is -1.13. The largest absolute Gasteiger partial charge is 0.477 e. The van der Waals surface area contributed by atoms with E-state index in [0.717, 1.165) is 23.5 Å². The van der Waals surface area contributed by atoms with Gasteiger partial charge in [-0.05, 0) is 25.4 Å². The average molecular weight is 307 g/mol. The Balaban J connectivity index is 4.36. The van der Waals surface area contributed by atoms with Gasteiger partial charge in [0.2, 0.25) is 0 Å². The molecule has 0 aromatic heterocycles. The summed E-state index contributed by atoms with van der Waals surface area (Å²) in [7, 11) is 0. The number of carboxylic acid groups (broad SMARTS) is 1. The SMILES string of the molecule is [2H]C([3H])CC(=O)CCCCC(=O)/C(SC)=C(/SC)C(=O)O. The van der Waals surface area contributed by atoms with Crippen LogP contribution in [0.5, 0.6) is 0 Å². The van der Waals surface area contributed by atoms with E-state index in [0.29, 0.717) is 12.8 Å². The topological polar surface area (TPSA) is 71.4 Å². The van der Waals surface area contributed by atoms with Crippen LogP contribution in [0.4, 0.5) is 0 Å². The van der Waals surface area contributed by atoms with E-state index in [4.69, 9.17) is 7.85 Å². The standard InChI is InChI=1S/C13H20O4S2/c1-4-9(14)7-5-6-8-10(15)11(18-2)12(19-3)13(16)17/h4-8H2,1-3H3,(H,16,17)/b12-11-/i1TD. The zero-order valence-electron chi connectivity index (χ0n) is 13.1. The van der Waals surface area contributed by atoms with Gasteiger partial charge in [0.05, 0.1) is 4.91 Å². The maximum atomic E-state index is 12.0. The molecule has 1 atom stereocenters. The van der Waals surface area contributed by atoms with Crippen molar-refractivity contribution < 1.29 is 22.2 Å². The quantitative estimate of drug-likeness (QED) is 0.494. The van der Waals surface area contributed by atoms with Crippen LogP contribution in [0.2, 0.25) is 0 Å². The Labute approximate surface area is 125 Å². The molecule has 0 bridgehead atoms. The number of hydrogen-bond donors (Lipinski definition) is 1. The summed E-state index contributed by atoms with van der Waals surface area (Å²) in [4.78, 5) is 34.6. The van der Waals surface area contributed by atoms with E-state index in [-0.39, 0.29) is 40.6 Å². The normalized spacial score (nSPS) is 15.1. The molecule has 6 heteroatoms. The van der Waals surface area contributed by atoms with E-state index in [1.54, 1.807) is 12.5 Å². The predicted octanol–water partition coefficient (Wildman–Crippen LogP) is 3.12. The number of Topliss-reactive ketones (excluding diaryl/α,β-unsaturated/α-hetero) is 2. The Kier molecular flexibility index (Phi) is 7.78. The Morgan fingerprint density at radius 1 is 1.16 bits per heavy atom. The van der Waals surface area contributed by atoms with Crippen LogP contribution in [0.15, 0.2) is 9.81 Å². The molecule has 1 N–H and O–H groups in total. The van der Waals surface area contributed by atoms with E-state index < -0.39 is 12.8 Å². The van der Waals surface area contributed by atoms with Crippen LogP contribution < -0.4 is 0 Å². The number of carbonyl (C=O) groups is 3. The summed E-state index contributed by atoms with van der Waals surface area (Å²) < 4.78 is 13.9. The van der Waals surface area contributed by atoms with Crippen LogP contribution in [0.3, 0.4) is 0 Å². The zero-order chi connectivity index (χ0) is 16.4. The van der Waals surface area contributed by atoms with Crippen molar-refractivity contribution in [2.75, 3.05) is 12.5 Å². The van der Waals surface area contributed by atoms with Gasteiger partial charge in [0, 0.05) is 22.0 Å². The second-order valence-corrected chi connectivity index (χ2v) is 5.38. The van der Waals surface area contributed by atoms with Crippen LogP contribution in [0.25, 0.3) is 0 Å². The fourth-order valence-electron chi connectivity index (χ4n) is 1.43. The van der Waals surface area contributed by atoms with Crippen LogP contribution in [-0.2, 0) is 14.4 Å². The first-order valence-corrected chi connectivity index (χ1v) is 8.23. The molecule has 0 aliphatic carbocycles. The fourth-order valence-corrected chi connectivity index (χ4v) is 3.01. The Hall–Kier alpha value is -0.750. The van der Waals surface area contributed by atoms with Crippen molar-refractivity contribution in [3.05, 3.63) is 9.81 Å². The average Bonchev–Trinajstić information content (AvgIpc) is 2.39. The molecule has 0 heterocycles. The number of rotatable bonds is 10. The lowest BCUT2D eigenvalue weighted by atomic mass is 10.1. The minimum Gasteiger partial charge on any atom is -0.477 e. The molecule has 0 fully saturated rings. The molecule has 0 aliphatic heterocycles. The maximum Gasteiger partial charge on any atom is 0.343 e. The molecule has 0 saturated heterocycles. The van der Waals surface area contributed by atoms with Crippen molar-refractivity contribution in [3.63, 3.8) is 0 Å². The molecule has 0 spiro atoms. The fraction of sp³-hybridized carbons (Fsp3) is 0.615. The molecule has 0 aromatic rings. The van der Waals surface area contributed by atoms with Gasteiger partial charge < -0.3 is 5.11 Å². The lowest BCUT2D eigenvalue weighted by Crippen LogP contribution is -2.08. The third-order valence-corrected chi connectivity index (χ3v) is 4.16. The Morgan fingerprint density at radius 2 is 1.74 bits per heavy atom. The number of thioether (sulfide) groups is 2. The highest BCUT2D eigenvalue weighted by Gasteiger charge is 2.19. The molecule has 108 valence electrons. The lowest BCUT2D eigenvalue weighted by Gasteiger charge is -2.07. The van der Waals surface area contributed by atoms with E-state index in [1.165, 1.54) is 0 Å². The Morgan fingerprint density at radius 3 is 2.21 bits per heavy atom. The van der Waals surface area contributed by atoms with Crippen molar-refractivity contribution >= 4 is 41.1 Å². The molecular formula is C13H20O4S2. The third-order valence-electron chi connectivity index (χ3n) is 2.40. The van der Waals surface area contributed by atoms with Crippen molar-refractivity contribution in [2.24, 2.45) is 0 Å². The number of allylic oxidation sites excluding steroid dienone is 1. The molecule has 0 aliphatic rings. The summed E-state index contributed by atoms with van der Waals surface area (Å²) in [5.41, 5.74) is 0. The maximum absolute atomic E-state index is 12.0. The van der Waals surface area contributed by atoms with Gasteiger partial charge in [0.25, 0.3) is 0 Å². The van der Waals surface area contributed by atoms with Crippen LogP contribution in [-0.4, -0.2) is 35.2 Å². The first-order chi connectivity index (χ1) is 9.83. The van der Waals surface area contributed by atoms with Crippen molar-refractivity contribution in [2.45, 2.75) is 39.0 Å². The van der Waals surface area contributed by atoms with Gasteiger partial charge in [-0.15, -0.1) is 23.5 Å². The van der Waals surface area contributed by atoms with E-state index >= 15 is 0 Å². The summed E-state index contributed by atoms with van der Waals surface area (Å²) in [6, 6.07) is 0. The van der Waals surface area contributed by atoms with Crippen molar-refractivity contribution in [1.29, 1.82) is 0 Å². The monoisotopic (exact) mass is 307 g/mol. The zero-order valence-corrected chi connectivity index (χ0v) is 12.7. The number of hydrogen-bond acceptors (Lipinski definition) is 5. The van der Waals surface area contributed by atoms with E-state index in [1.807, 2.05) is 0 Å². The summed E-state index contributed by atoms with van der Waals surface area (Å²) in [6.07, 6.45) is 4.67. The summed E-state index contributed by atoms with van der Waals surface area (Å²) in [5, 5.41) is 9.03. The molecular weight excluding hydrogens is 284 g/mol. The number of carbonyl (C=O) groups excluding carboxylic acids is 2. The van der Waals surface area contributed by atoms with Gasteiger partial charge >= 0.3 is 5.97 Å². The number of ketones is 2. The minimum absolute atomic E-state index is 0.0508. The summed E-state index contributed by atoms with van der Waals surface area (Å²) >= 11 is 2.16. The van der Waals surface area contributed by atoms with Gasteiger partial charge in [0.1, 0.15) is 10.7 Å². The van der Waals surface area contributed by atoms with Gasteiger partial charge in [-0.1, -0.05) is 6.88 Å². The van der Waals surface area contributed by atoms with Gasteiger partial charge in [-0.3, -0.25) is 9.59 Å². The van der Waals surface area contributed by atoms with Crippen LogP contribution in [0.1, 0.15) is 41.7 Å². The molecule has 0 amide bonds. The van der Waals surface area contributed by atoms with Gasteiger partial charge in [-0.2, -0.15) is 0 Å². The van der Waals surface area contributed by atoms with E-state index in [9.17, 15) is 14.4 Å². The van der Waals surface area contributed by atoms with Crippen molar-refractivity contribution in [3.8, 4) is 0 Å². The van der Waals surface area contributed by atoms with E-state index in [2.05, 4.69) is 0 Å². The van der Waals surface area contributed by atoms with Crippen molar-refractivity contribution in [1.82, 2.24) is 0 Å². The van der Waals surface area contributed by atoms with Crippen LogP contribution in [0, 0.1) is 0 Å². The highest BCUT2D eigenvalue weighted by molar-refractivity contribution is 8.07. The third kappa shape index (κ3) is 6.82. The molecule has 19 heavy (non-hydrogen) atoms. The highest BCUT2D eigenvalue weighted by atomic mass is 32.2. The molecule has 0 radical (unpaired) electrons. The number of aliphatic carboxylic acids is 1. The second kappa shape index (κ2) is 10.1. The highest BCUT2D eigenvalue weighted by Crippen LogP contribution is 2.27. The second-order valence-electron chi connectivity index (χ2n) is 3.74. The molecule has 4 nitrogen and oxygen atoms in total. The first-order valence-electron chi connectivity index (χ1n) is 6.93. The lowest BCUT2D eigenvalue weighted by molar-refractivity contribution is -0.132. The molecule has 0 rings (SSSR count). The number of carboxylic acids is 1.